The summed E-state index contributed by atoms with van der Waals surface area (Å²) in [4.78, 5) is 16.9. The first-order valence-corrected chi connectivity index (χ1v) is 7.48. The molecular formula is C18H20N2O5. The van der Waals surface area contributed by atoms with Crippen LogP contribution in [0.3, 0.4) is 0 Å². The fraction of sp³-hybridized carbons (Fsp3) is 0.222. The van der Waals surface area contributed by atoms with Gasteiger partial charge < -0.3 is 24.4 Å². The van der Waals surface area contributed by atoms with E-state index in [0.717, 1.165) is 5.56 Å². The molecule has 2 aromatic rings. The number of para-hydroxylation sites is 2. The zero-order valence-corrected chi connectivity index (χ0v) is 14.3. The van der Waals surface area contributed by atoms with Crippen LogP contribution in [0.4, 0.5) is 5.69 Å². The molecule has 0 saturated heterocycles. The number of benzene rings is 2. The highest BCUT2D eigenvalue weighted by molar-refractivity contribution is 5.93. The van der Waals surface area contributed by atoms with Gasteiger partial charge in [-0.05, 0) is 30.3 Å². The second kappa shape index (κ2) is 9.17. The highest BCUT2D eigenvalue weighted by Gasteiger charge is 2.07. The molecule has 0 spiro atoms. The normalized spacial score (nSPS) is 10.4. The van der Waals surface area contributed by atoms with Gasteiger partial charge in [-0.3, -0.25) is 4.79 Å². The van der Waals surface area contributed by atoms with Gasteiger partial charge in [0.2, 0.25) is 0 Å². The lowest BCUT2D eigenvalue weighted by Crippen LogP contribution is -2.17. The average Bonchev–Trinajstić information content (AvgIpc) is 2.65. The maximum absolute atomic E-state index is 11.9. The molecule has 7 heteroatoms. The number of methoxy groups -OCH3 is 3. The van der Waals surface area contributed by atoms with Crippen molar-refractivity contribution in [2.45, 2.75) is 0 Å². The molecule has 2 aromatic carbocycles. The SMILES string of the molecule is COc1ccccc1NC(=O)CO/N=C\c1ccc(OC)c(OC)c1. The molecule has 132 valence electrons. The molecule has 0 aromatic heterocycles. The van der Waals surface area contributed by atoms with Gasteiger partial charge in [0.15, 0.2) is 18.1 Å². The molecule has 7 nitrogen and oxygen atoms in total. The van der Waals surface area contributed by atoms with Gasteiger partial charge in [0.25, 0.3) is 5.91 Å². The molecule has 2 rings (SSSR count). The number of hydrogen-bond donors (Lipinski definition) is 1. The Kier molecular flexibility index (Phi) is 6.65. The van der Waals surface area contributed by atoms with Crippen molar-refractivity contribution in [3.05, 3.63) is 48.0 Å². The topological polar surface area (TPSA) is 78.4 Å². The van der Waals surface area contributed by atoms with Crippen LogP contribution in [-0.4, -0.2) is 40.1 Å². The third-order valence-corrected chi connectivity index (χ3v) is 3.26. The number of ether oxygens (including phenoxy) is 3. The van der Waals surface area contributed by atoms with Crippen LogP contribution < -0.4 is 19.5 Å². The van der Waals surface area contributed by atoms with Crippen molar-refractivity contribution in [3.8, 4) is 17.2 Å². The number of carbonyl (C=O) groups excluding carboxylic acids is 1. The van der Waals surface area contributed by atoms with Crippen molar-refractivity contribution >= 4 is 17.8 Å². The van der Waals surface area contributed by atoms with E-state index in [-0.39, 0.29) is 12.5 Å². The standard InChI is InChI=1S/C18H20N2O5/c1-22-15-7-5-4-6-14(15)20-18(21)12-25-19-11-13-8-9-16(23-2)17(10-13)24-3/h4-11H,12H2,1-3H3,(H,20,21)/b19-11-. The highest BCUT2D eigenvalue weighted by Crippen LogP contribution is 2.27. The molecule has 0 aliphatic heterocycles. The van der Waals surface area contributed by atoms with E-state index in [2.05, 4.69) is 10.5 Å². The summed E-state index contributed by atoms with van der Waals surface area (Å²) in [5.74, 6) is 1.44. The van der Waals surface area contributed by atoms with Crippen LogP contribution in [-0.2, 0) is 9.63 Å². The smallest absolute Gasteiger partial charge is 0.265 e. The third-order valence-electron chi connectivity index (χ3n) is 3.26. The van der Waals surface area contributed by atoms with E-state index in [9.17, 15) is 4.79 Å². The van der Waals surface area contributed by atoms with Gasteiger partial charge in [-0.25, -0.2) is 0 Å². The van der Waals surface area contributed by atoms with Crippen LogP contribution in [0.15, 0.2) is 47.6 Å². The van der Waals surface area contributed by atoms with Crippen LogP contribution in [0.5, 0.6) is 17.2 Å². The minimum atomic E-state index is -0.339. The van der Waals surface area contributed by atoms with Gasteiger partial charge >= 0.3 is 0 Å². The predicted octanol–water partition coefficient (Wildman–Crippen LogP) is 2.70. The van der Waals surface area contributed by atoms with E-state index in [1.807, 2.05) is 6.07 Å². The van der Waals surface area contributed by atoms with Crippen molar-refractivity contribution in [2.75, 3.05) is 33.3 Å². The predicted molar refractivity (Wildman–Crippen MR) is 94.7 cm³/mol. The summed E-state index contributed by atoms with van der Waals surface area (Å²) in [6, 6.07) is 12.4. The second-order valence-electron chi connectivity index (χ2n) is 4.87. The fourth-order valence-electron chi connectivity index (χ4n) is 2.06. The molecule has 0 aliphatic rings. The Labute approximate surface area is 146 Å². The Morgan fingerprint density at radius 1 is 1.00 bits per heavy atom. The Morgan fingerprint density at radius 3 is 2.44 bits per heavy atom. The number of amides is 1. The van der Waals surface area contributed by atoms with Crippen molar-refractivity contribution in [1.29, 1.82) is 0 Å². The average molecular weight is 344 g/mol. The minimum Gasteiger partial charge on any atom is -0.495 e. The largest absolute Gasteiger partial charge is 0.495 e. The molecular weight excluding hydrogens is 324 g/mol. The quantitative estimate of drug-likeness (QED) is 0.588. The van der Waals surface area contributed by atoms with Gasteiger partial charge in [0, 0.05) is 5.56 Å². The molecule has 0 unspecified atom stereocenters. The lowest BCUT2D eigenvalue weighted by molar-refractivity contribution is -0.120. The molecule has 0 heterocycles. The molecule has 25 heavy (non-hydrogen) atoms. The van der Waals surface area contributed by atoms with Crippen molar-refractivity contribution in [3.63, 3.8) is 0 Å². The van der Waals surface area contributed by atoms with E-state index in [0.29, 0.717) is 22.9 Å². The van der Waals surface area contributed by atoms with E-state index in [4.69, 9.17) is 19.0 Å². The van der Waals surface area contributed by atoms with Crippen LogP contribution >= 0.6 is 0 Å². The number of oxime groups is 1. The number of nitrogens with one attached hydrogen (secondary N) is 1. The monoisotopic (exact) mass is 344 g/mol. The molecule has 0 bridgehead atoms. The summed E-state index contributed by atoms with van der Waals surface area (Å²) in [6.45, 7) is -0.220. The Hall–Kier alpha value is -3.22. The van der Waals surface area contributed by atoms with Crippen LogP contribution in [0, 0.1) is 0 Å². The van der Waals surface area contributed by atoms with Gasteiger partial charge in [-0.2, -0.15) is 0 Å². The van der Waals surface area contributed by atoms with E-state index in [1.165, 1.54) is 13.3 Å². The third kappa shape index (κ3) is 5.13. The molecule has 0 radical (unpaired) electrons. The summed E-state index contributed by atoms with van der Waals surface area (Å²) in [7, 11) is 4.65. The number of hydrogen-bond acceptors (Lipinski definition) is 6. The second-order valence-corrected chi connectivity index (χ2v) is 4.87. The zero-order chi connectivity index (χ0) is 18.1. The van der Waals surface area contributed by atoms with Crippen LogP contribution in [0.1, 0.15) is 5.56 Å². The molecule has 0 aliphatic carbocycles. The van der Waals surface area contributed by atoms with E-state index in [1.54, 1.807) is 50.6 Å². The van der Waals surface area contributed by atoms with Gasteiger partial charge in [-0.15, -0.1) is 0 Å². The van der Waals surface area contributed by atoms with Gasteiger partial charge in [0.1, 0.15) is 5.75 Å². The summed E-state index contributed by atoms with van der Waals surface area (Å²) >= 11 is 0. The lowest BCUT2D eigenvalue weighted by Gasteiger charge is -2.09. The Morgan fingerprint density at radius 2 is 1.72 bits per heavy atom. The molecule has 0 atom stereocenters. The number of nitrogens with zero attached hydrogens (tertiary/aromatic N) is 1. The van der Waals surface area contributed by atoms with Crippen LogP contribution in [0.2, 0.25) is 0 Å². The summed E-state index contributed by atoms with van der Waals surface area (Å²) in [5, 5.41) is 6.48. The van der Waals surface area contributed by atoms with E-state index < -0.39 is 0 Å². The first-order valence-electron chi connectivity index (χ1n) is 7.48. The van der Waals surface area contributed by atoms with Crippen molar-refractivity contribution < 1.29 is 23.8 Å². The molecule has 1 amide bonds. The summed E-state index contributed by atoms with van der Waals surface area (Å²) < 4.78 is 15.5. The van der Waals surface area contributed by atoms with Crippen molar-refractivity contribution in [2.24, 2.45) is 5.16 Å². The minimum absolute atomic E-state index is 0.220. The molecule has 1 N–H and O–H groups in total. The Balaban J connectivity index is 1.87. The summed E-state index contributed by atoms with van der Waals surface area (Å²) in [6.07, 6.45) is 1.48. The molecule has 0 fully saturated rings. The number of carbonyl (C=O) groups is 1. The van der Waals surface area contributed by atoms with Crippen molar-refractivity contribution in [1.82, 2.24) is 0 Å². The maximum atomic E-state index is 11.9. The number of anilines is 1. The zero-order valence-electron chi connectivity index (χ0n) is 14.3. The first-order chi connectivity index (χ1) is 12.2. The Bertz CT molecular complexity index is 746. The lowest BCUT2D eigenvalue weighted by atomic mass is 10.2. The van der Waals surface area contributed by atoms with Crippen LogP contribution in [0.25, 0.3) is 0 Å². The van der Waals surface area contributed by atoms with Gasteiger partial charge in [-0.1, -0.05) is 17.3 Å². The maximum Gasteiger partial charge on any atom is 0.265 e. The van der Waals surface area contributed by atoms with E-state index >= 15 is 0 Å². The number of rotatable bonds is 8. The summed E-state index contributed by atoms with van der Waals surface area (Å²) in [5.41, 5.74) is 1.32. The van der Waals surface area contributed by atoms with Gasteiger partial charge in [0.05, 0.1) is 33.2 Å². The highest BCUT2D eigenvalue weighted by atomic mass is 16.6. The fourth-order valence-corrected chi connectivity index (χ4v) is 2.06. The first kappa shape index (κ1) is 18.1. The molecule has 0 saturated carbocycles.